The van der Waals surface area contributed by atoms with Gasteiger partial charge in [-0.15, -0.1) is 6.42 Å². The summed E-state index contributed by atoms with van der Waals surface area (Å²) >= 11 is 4.33. The lowest BCUT2D eigenvalue weighted by molar-refractivity contribution is -0.123. The Labute approximate surface area is 170 Å². The van der Waals surface area contributed by atoms with Gasteiger partial charge in [0.25, 0.3) is 11.1 Å². The van der Waals surface area contributed by atoms with Crippen LogP contribution in [0.3, 0.4) is 0 Å². The maximum absolute atomic E-state index is 12.7. The molecule has 27 heavy (non-hydrogen) atoms. The molecule has 0 N–H and O–H groups in total. The fourth-order valence-corrected chi connectivity index (χ4v) is 3.74. The van der Waals surface area contributed by atoms with Gasteiger partial charge in [0, 0.05) is 10.0 Å². The number of aryl methyl sites for hydroxylation is 1. The first kappa shape index (κ1) is 19.3. The zero-order valence-electron chi connectivity index (χ0n) is 14.6. The van der Waals surface area contributed by atoms with Crippen LogP contribution in [0.2, 0.25) is 0 Å². The first-order valence-electron chi connectivity index (χ1n) is 8.14. The van der Waals surface area contributed by atoms with Crippen molar-refractivity contribution in [1.29, 1.82) is 0 Å². The number of carbonyl (C=O) groups excluding carboxylic acids is 2. The SMILES string of the molecule is C#CCOc1ccc(Br)cc1/C=C1\SC(=O)N(Cc2ccc(C)cc2)C1=O. The number of benzene rings is 2. The molecule has 0 spiro atoms. The minimum absolute atomic E-state index is 0.122. The molecule has 2 aromatic rings. The van der Waals surface area contributed by atoms with Gasteiger partial charge in [0.2, 0.25) is 0 Å². The number of amides is 2. The molecule has 4 nitrogen and oxygen atoms in total. The highest BCUT2D eigenvalue weighted by atomic mass is 79.9. The van der Waals surface area contributed by atoms with Crippen LogP contribution < -0.4 is 4.74 Å². The molecular formula is C21H16BrNO3S. The molecule has 136 valence electrons. The fraction of sp³-hybridized carbons (Fsp3) is 0.143. The molecule has 1 saturated heterocycles. The molecule has 2 aromatic carbocycles. The molecule has 0 unspecified atom stereocenters. The molecule has 0 saturated carbocycles. The Balaban J connectivity index is 1.85. The molecule has 2 amide bonds. The molecule has 6 heteroatoms. The minimum atomic E-state index is -0.312. The van der Waals surface area contributed by atoms with Gasteiger partial charge in [-0.05, 0) is 48.5 Å². The quantitative estimate of drug-likeness (QED) is 0.483. The van der Waals surface area contributed by atoms with E-state index in [2.05, 4.69) is 21.9 Å². The highest BCUT2D eigenvalue weighted by Gasteiger charge is 2.35. The van der Waals surface area contributed by atoms with Crippen LogP contribution in [0.4, 0.5) is 4.79 Å². The second-order valence-corrected chi connectivity index (χ2v) is 7.84. The molecule has 3 rings (SSSR count). The summed E-state index contributed by atoms with van der Waals surface area (Å²) in [6.07, 6.45) is 6.92. The molecule has 1 heterocycles. The van der Waals surface area contributed by atoms with E-state index in [1.54, 1.807) is 12.1 Å². The third kappa shape index (κ3) is 4.62. The normalized spacial score (nSPS) is 15.3. The number of carbonyl (C=O) groups is 2. The van der Waals surface area contributed by atoms with Crippen LogP contribution >= 0.6 is 27.7 Å². The summed E-state index contributed by atoms with van der Waals surface area (Å²) in [5, 5.41) is -0.284. The van der Waals surface area contributed by atoms with Gasteiger partial charge >= 0.3 is 0 Å². The Bertz CT molecular complexity index is 960. The number of imide groups is 1. The summed E-state index contributed by atoms with van der Waals surface area (Å²) in [6, 6.07) is 13.2. The largest absolute Gasteiger partial charge is 0.480 e. The second-order valence-electron chi connectivity index (χ2n) is 5.93. The van der Waals surface area contributed by atoms with Crippen molar-refractivity contribution in [2.45, 2.75) is 13.5 Å². The van der Waals surface area contributed by atoms with Gasteiger partial charge in [0.15, 0.2) is 0 Å². The van der Waals surface area contributed by atoms with Gasteiger partial charge < -0.3 is 4.74 Å². The van der Waals surface area contributed by atoms with Gasteiger partial charge in [-0.2, -0.15) is 0 Å². The Morgan fingerprint density at radius 1 is 1.22 bits per heavy atom. The Hall–Kier alpha value is -2.49. The third-order valence-electron chi connectivity index (χ3n) is 3.90. The monoisotopic (exact) mass is 441 g/mol. The number of hydrogen-bond donors (Lipinski definition) is 0. The van der Waals surface area contributed by atoms with Crippen LogP contribution in [0.25, 0.3) is 6.08 Å². The summed E-state index contributed by atoms with van der Waals surface area (Å²) < 4.78 is 6.36. The third-order valence-corrected chi connectivity index (χ3v) is 5.30. The molecule has 0 bridgehead atoms. The number of halogens is 1. The van der Waals surface area contributed by atoms with Crippen molar-refractivity contribution < 1.29 is 14.3 Å². The van der Waals surface area contributed by atoms with Crippen molar-refractivity contribution in [2.24, 2.45) is 0 Å². The zero-order chi connectivity index (χ0) is 19.4. The van der Waals surface area contributed by atoms with Gasteiger partial charge in [-0.25, -0.2) is 0 Å². The van der Waals surface area contributed by atoms with Gasteiger partial charge in [-0.3, -0.25) is 14.5 Å². The summed E-state index contributed by atoms with van der Waals surface area (Å²) in [7, 11) is 0. The van der Waals surface area contributed by atoms with Crippen LogP contribution in [0, 0.1) is 19.3 Å². The van der Waals surface area contributed by atoms with Gasteiger partial charge in [-0.1, -0.05) is 51.7 Å². The highest BCUT2D eigenvalue weighted by molar-refractivity contribution is 9.10. The summed E-state index contributed by atoms with van der Waals surface area (Å²) in [4.78, 5) is 26.7. The fourth-order valence-electron chi connectivity index (χ4n) is 2.54. The molecular weight excluding hydrogens is 426 g/mol. The van der Waals surface area contributed by atoms with Crippen LogP contribution in [0.5, 0.6) is 5.75 Å². The average Bonchev–Trinajstić information content (AvgIpc) is 2.90. The number of hydrogen-bond acceptors (Lipinski definition) is 4. The van der Waals surface area contributed by atoms with Crippen LogP contribution in [0.15, 0.2) is 51.8 Å². The van der Waals surface area contributed by atoms with E-state index in [9.17, 15) is 9.59 Å². The smallest absolute Gasteiger partial charge is 0.293 e. The molecule has 0 radical (unpaired) electrons. The first-order valence-corrected chi connectivity index (χ1v) is 9.75. The highest BCUT2D eigenvalue weighted by Crippen LogP contribution is 2.35. The molecule has 0 aromatic heterocycles. The second kappa shape index (κ2) is 8.47. The van der Waals surface area contributed by atoms with Gasteiger partial charge in [0.05, 0.1) is 11.4 Å². The standard InChI is InChI=1S/C21H16BrNO3S/c1-3-10-26-18-9-8-17(22)11-16(18)12-19-20(24)23(21(25)27-19)13-15-6-4-14(2)5-7-15/h1,4-9,11-12H,10,13H2,2H3/b19-12-. The number of thioether (sulfide) groups is 1. The average molecular weight is 442 g/mol. The Morgan fingerprint density at radius 2 is 1.96 bits per heavy atom. The number of terminal acetylenes is 1. The maximum Gasteiger partial charge on any atom is 0.293 e. The van der Waals surface area contributed by atoms with E-state index in [0.717, 1.165) is 27.4 Å². The number of rotatable bonds is 5. The van der Waals surface area contributed by atoms with Crippen molar-refractivity contribution in [3.05, 3.63) is 68.5 Å². The van der Waals surface area contributed by atoms with Crippen molar-refractivity contribution >= 4 is 44.9 Å². The molecule has 1 aliphatic heterocycles. The first-order chi connectivity index (χ1) is 13.0. The molecule has 1 fully saturated rings. The van der Waals surface area contributed by atoms with E-state index in [4.69, 9.17) is 11.2 Å². The van der Waals surface area contributed by atoms with Crippen molar-refractivity contribution in [3.8, 4) is 18.1 Å². The summed E-state index contributed by atoms with van der Waals surface area (Å²) in [5.41, 5.74) is 2.71. The van der Waals surface area contributed by atoms with Crippen LogP contribution in [0.1, 0.15) is 16.7 Å². The van der Waals surface area contributed by atoms with Crippen molar-refractivity contribution in [1.82, 2.24) is 4.90 Å². The van der Waals surface area contributed by atoms with E-state index < -0.39 is 0 Å². The van der Waals surface area contributed by atoms with E-state index in [1.165, 1.54) is 4.90 Å². The zero-order valence-corrected chi connectivity index (χ0v) is 17.0. The van der Waals surface area contributed by atoms with Crippen molar-refractivity contribution in [2.75, 3.05) is 6.61 Å². The van der Waals surface area contributed by atoms with Crippen LogP contribution in [-0.4, -0.2) is 22.7 Å². The minimum Gasteiger partial charge on any atom is -0.480 e. The lowest BCUT2D eigenvalue weighted by Gasteiger charge is -2.12. The molecule has 1 aliphatic rings. The van der Waals surface area contributed by atoms with E-state index in [-0.39, 0.29) is 24.3 Å². The van der Waals surface area contributed by atoms with E-state index >= 15 is 0 Å². The van der Waals surface area contributed by atoms with E-state index in [1.807, 2.05) is 43.3 Å². The molecule has 0 atom stereocenters. The topological polar surface area (TPSA) is 46.6 Å². The van der Waals surface area contributed by atoms with Gasteiger partial charge in [0.1, 0.15) is 12.4 Å². The lowest BCUT2D eigenvalue weighted by atomic mass is 10.1. The van der Waals surface area contributed by atoms with Crippen molar-refractivity contribution in [3.63, 3.8) is 0 Å². The van der Waals surface area contributed by atoms with E-state index in [0.29, 0.717) is 16.2 Å². The number of nitrogens with zero attached hydrogens (tertiary/aromatic N) is 1. The Morgan fingerprint density at radius 3 is 2.67 bits per heavy atom. The lowest BCUT2D eigenvalue weighted by Crippen LogP contribution is -2.27. The summed E-state index contributed by atoms with van der Waals surface area (Å²) in [6.45, 7) is 2.36. The Kier molecular flexibility index (Phi) is 6.04. The molecule has 0 aliphatic carbocycles. The predicted molar refractivity (Wildman–Crippen MR) is 111 cm³/mol. The number of ether oxygens (including phenoxy) is 1. The predicted octanol–water partition coefficient (Wildman–Crippen LogP) is 5.01. The summed E-state index contributed by atoms with van der Waals surface area (Å²) in [5.74, 6) is 2.66. The van der Waals surface area contributed by atoms with Crippen LogP contribution in [-0.2, 0) is 11.3 Å². The maximum atomic E-state index is 12.7.